The van der Waals surface area contributed by atoms with Crippen LogP contribution in [0, 0.1) is 11.3 Å². The van der Waals surface area contributed by atoms with E-state index in [2.05, 4.69) is 23.3 Å². The van der Waals surface area contributed by atoms with Crippen molar-refractivity contribution in [3.63, 3.8) is 0 Å². The van der Waals surface area contributed by atoms with Gasteiger partial charge in [0, 0.05) is 25.7 Å². The van der Waals surface area contributed by atoms with Crippen molar-refractivity contribution < 1.29 is 0 Å². The standard InChI is InChI=1S/C7H13N3.C2H6/c1-10-5-4-9-6-7(10)2-3-8;1-2/h7,9H,2,4-6H2,1H3;1-2H3. The summed E-state index contributed by atoms with van der Waals surface area (Å²) in [5.41, 5.74) is 0. The lowest BCUT2D eigenvalue weighted by Crippen LogP contribution is -2.48. The molecular formula is C9H19N3. The van der Waals surface area contributed by atoms with Crippen LogP contribution in [0.15, 0.2) is 0 Å². The minimum atomic E-state index is 0.429. The molecular weight excluding hydrogens is 150 g/mol. The van der Waals surface area contributed by atoms with Crippen LogP contribution in [0.5, 0.6) is 0 Å². The molecule has 0 saturated carbocycles. The van der Waals surface area contributed by atoms with E-state index < -0.39 is 0 Å². The topological polar surface area (TPSA) is 39.1 Å². The van der Waals surface area contributed by atoms with Crippen molar-refractivity contribution in [2.45, 2.75) is 26.3 Å². The Labute approximate surface area is 75.4 Å². The van der Waals surface area contributed by atoms with E-state index in [0.717, 1.165) is 19.6 Å². The maximum Gasteiger partial charge on any atom is 0.0638 e. The second kappa shape index (κ2) is 7.08. The van der Waals surface area contributed by atoms with Crippen LogP contribution < -0.4 is 5.32 Å². The summed E-state index contributed by atoms with van der Waals surface area (Å²) >= 11 is 0. The summed E-state index contributed by atoms with van der Waals surface area (Å²) in [4.78, 5) is 2.24. The van der Waals surface area contributed by atoms with E-state index >= 15 is 0 Å². The molecule has 1 rings (SSSR count). The van der Waals surface area contributed by atoms with Crippen molar-refractivity contribution in [1.82, 2.24) is 10.2 Å². The fourth-order valence-corrected chi connectivity index (χ4v) is 1.20. The van der Waals surface area contributed by atoms with E-state index in [1.54, 1.807) is 0 Å². The highest BCUT2D eigenvalue weighted by Gasteiger charge is 2.16. The maximum atomic E-state index is 8.43. The highest BCUT2D eigenvalue weighted by atomic mass is 15.2. The summed E-state index contributed by atoms with van der Waals surface area (Å²) in [6.45, 7) is 7.08. The third-order valence-electron chi connectivity index (χ3n) is 1.97. The van der Waals surface area contributed by atoms with Gasteiger partial charge >= 0.3 is 0 Å². The summed E-state index contributed by atoms with van der Waals surface area (Å²) in [5.74, 6) is 0. The van der Waals surface area contributed by atoms with Crippen LogP contribution in [0.3, 0.4) is 0 Å². The van der Waals surface area contributed by atoms with Gasteiger partial charge in [-0.25, -0.2) is 0 Å². The zero-order valence-corrected chi connectivity index (χ0v) is 8.30. The molecule has 0 aliphatic carbocycles. The minimum absolute atomic E-state index is 0.429. The maximum absolute atomic E-state index is 8.43. The fourth-order valence-electron chi connectivity index (χ4n) is 1.20. The molecule has 3 nitrogen and oxygen atoms in total. The first-order valence-electron chi connectivity index (χ1n) is 4.62. The van der Waals surface area contributed by atoms with Crippen LogP contribution in [0.2, 0.25) is 0 Å². The molecule has 0 bridgehead atoms. The van der Waals surface area contributed by atoms with E-state index in [0.29, 0.717) is 12.5 Å². The molecule has 1 N–H and O–H groups in total. The van der Waals surface area contributed by atoms with E-state index in [-0.39, 0.29) is 0 Å². The first-order chi connectivity index (χ1) is 5.84. The Morgan fingerprint density at radius 1 is 1.58 bits per heavy atom. The van der Waals surface area contributed by atoms with Crippen molar-refractivity contribution in [3.05, 3.63) is 0 Å². The Morgan fingerprint density at radius 2 is 2.25 bits per heavy atom. The van der Waals surface area contributed by atoms with E-state index in [4.69, 9.17) is 5.26 Å². The number of likely N-dealkylation sites (N-methyl/N-ethyl adjacent to an activating group) is 1. The molecule has 0 amide bonds. The van der Waals surface area contributed by atoms with Gasteiger partial charge in [-0.3, -0.25) is 4.90 Å². The Balaban J connectivity index is 0.000000561. The number of nitrogens with one attached hydrogen (secondary N) is 1. The molecule has 0 aromatic heterocycles. The van der Waals surface area contributed by atoms with E-state index in [1.165, 1.54) is 0 Å². The number of nitriles is 1. The molecule has 0 radical (unpaired) electrons. The van der Waals surface area contributed by atoms with Crippen molar-refractivity contribution in [3.8, 4) is 6.07 Å². The van der Waals surface area contributed by atoms with Gasteiger partial charge in [0.2, 0.25) is 0 Å². The number of hydrogen-bond donors (Lipinski definition) is 1. The van der Waals surface area contributed by atoms with Crippen molar-refractivity contribution in [2.24, 2.45) is 0 Å². The van der Waals surface area contributed by atoms with Crippen LogP contribution in [0.25, 0.3) is 0 Å². The molecule has 0 aromatic rings. The molecule has 70 valence electrons. The lowest BCUT2D eigenvalue weighted by Gasteiger charge is -2.31. The highest BCUT2D eigenvalue weighted by molar-refractivity contribution is 4.85. The molecule has 3 heteroatoms. The first kappa shape index (κ1) is 11.4. The second-order valence-electron chi connectivity index (χ2n) is 2.70. The zero-order valence-electron chi connectivity index (χ0n) is 8.30. The summed E-state index contributed by atoms with van der Waals surface area (Å²) in [6.07, 6.45) is 0.642. The van der Waals surface area contributed by atoms with Crippen LogP contribution in [-0.4, -0.2) is 37.6 Å². The smallest absolute Gasteiger partial charge is 0.0638 e. The summed E-state index contributed by atoms with van der Waals surface area (Å²) in [7, 11) is 2.07. The predicted octanol–water partition coefficient (Wildman–Crippen LogP) is 0.830. The Hall–Kier alpha value is -0.590. The Bertz CT molecular complexity index is 139. The SMILES string of the molecule is CC.CN1CCNCC1CC#N. The molecule has 1 fully saturated rings. The van der Waals surface area contributed by atoms with Crippen LogP contribution in [-0.2, 0) is 0 Å². The van der Waals surface area contributed by atoms with Gasteiger partial charge in [-0.15, -0.1) is 0 Å². The van der Waals surface area contributed by atoms with Crippen molar-refractivity contribution in [1.29, 1.82) is 5.26 Å². The molecule has 1 aliphatic rings. The van der Waals surface area contributed by atoms with Gasteiger partial charge < -0.3 is 5.32 Å². The molecule has 1 unspecified atom stereocenters. The van der Waals surface area contributed by atoms with Gasteiger partial charge in [0.25, 0.3) is 0 Å². The monoisotopic (exact) mass is 169 g/mol. The molecule has 0 spiro atoms. The Morgan fingerprint density at radius 3 is 2.75 bits per heavy atom. The van der Waals surface area contributed by atoms with Crippen LogP contribution in [0.1, 0.15) is 20.3 Å². The van der Waals surface area contributed by atoms with Gasteiger partial charge in [-0.2, -0.15) is 5.26 Å². The van der Waals surface area contributed by atoms with Gasteiger partial charge in [-0.1, -0.05) is 13.8 Å². The molecule has 1 atom stereocenters. The van der Waals surface area contributed by atoms with E-state index in [1.807, 2.05) is 13.8 Å². The highest BCUT2D eigenvalue weighted by Crippen LogP contribution is 2.02. The van der Waals surface area contributed by atoms with Gasteiger partial charge in [0.1, 0.15) is 0 Å². The summed E-state index contributed by atoms with van der Waals surface area (Å²) < 4.78 is 0. The lowest BCUT2D eigenvalue weighted by atomic mass is 10.1. The van der Waals surface area contributed by atoms with E-state index in [9.17, 15) is 0 Å². The van der Waals surface area contributed by atoms with Crippen LogP contribution in [0.4, 0.5) is 0 Å². The quantitative estimate of drug-likeness (QED) is 0.632. The predicted molar refractivity (Wildman–Crippen MR) is 50.9 cm³/mol. The number of nitrogens with zero attached hydrogens (tertiary/aromatic N) is 2. The Kier molecular flexibility index (Phi) is 6.73. The summed E-state index contributed by atoms with van der Waals surface area (Å²) in [5, 5.41) is 11.7. The first-order valence-corrected chi connectivity index (χ1v) is 4.62. The molecule has 1 heterocycles. The molecule has 0 aromatic carbocycles. The summed E-state index contributed by atoms with van der Waals surface area (Å²) in [6, 6.07) is 2.62. The average Bonchev–Trinajstić information content (AvgIpc) is 2.13. The second-order valence-corrected chi connectivity index (χ2v) is 2.70. The number of hydrogen-bond acceptors (Lipinski definition) is 3. The average molecular weight is 169 g/mol. The van der Waals surface area contributed by atoms with Gasteiger partial charge in [-0.05, 0) is 7.05 Å². The molecule has 12 heavy (non-hydrogen) atoms. The van der Waals surface area contributed by atoms with Crippen LogP contribution >= 0.6 is 0 Å². The van der Waals surface area contributed by atoms with Crippen molar-refractivity contribution >= 4 is 0 Å². The van der Waals surface area contributed by atoms with Gasteiger partial charge in [0.05, 0.1) is 12.5 Å². The number of piperazine rings is 1. The zero-order chi connectivity index (χ0) is 9.40. The number of rotatable bonds is 1. The third kappa shape index (κ3) is 3.70. The minimum Gasteiger partial charge on any atom is -0.314 e. The molecule has 1 saturated heterocycles. The fraction of sp³-hybridized carbons (Fsp3) is 0.889. The lowest BCUT2D eigenvalue weighted by molar-refractivity contribution is 0.203. The molecule has 1 aliphatic heterocycles. The normalized spacial score (nSPS) is 23.7. The van der Waals surface area contributed by atoms with Crippen molar-refractivity contribution in [2.75, 3.05) is 26.7 Å². The van der Waals surface area contributed by atoms with Gasteiger partial charge in [0.15, 0.2) is 0 Å². The third-order valence-corrected chi connectivity index (χ3v) is 1.97. The largest absolute Gasteiger partial charge is 0.314 e.